The first-order valence-corrected chi connectivity index (χ1v) is 6.24. The predicted octanol–water partition coefficient (Wildman–Crippen LogP) is 2.24. The maximum atomic E-state index is 10.8. The maximum Gasteiger partial charge on any atom is 0.407 e. The van der Waals surface area contributed by atoms with E-state index in [4.69, 9.17) is 39.9 Å². The van der Waals surface area contributed by atoms with Crippen molar-refractivity contribution in [2.24, 2.45) is 0 Å². The van der Waals surface area contributed by atoms with Gasteiger partial charge in [-0.25, -0.2) is 9.78 Å². The molecule has 0 aliphatic carbocycles. The van der Waals surface area contributed by atoms with Gasteiger partial charge in [0.15, 0.2) is 11.0 Å². The average Bonchev–Trinajstić information content (AvgIpc) is 2.34. The molecule has 1 aliphatic rings. The Hall–Kier alpha value is -0.980. The topological polar surface area (TPSA) is 69.6 Å². The van der Waals surface area contributed by atoms with Gasteiger partial charge in [0.2, 0.25) is 5.28 Å². The molecule has 1 aliphatic heterocycles. The molecule has 1 N–H and O–H groups in total. The highest BCUT2D eigenvalue weighted by atomic mass is 35.5. The Morgan fingerprint density at radius 3 is 2.28 bits per heavy atom. The highest BCUT2D eigenvalue weighted by Gasteiger charge is 2.24. The number of halogens is 3. The Labute approximate surface area is 118 Å². The molecule has 1 fully saturated rings. The van der Waals surface area contributed by atoms with Crippen molar-refractivity contribution in [2.45, 2.75) is 0 Å². The number of nitrogens with zero attached hydrogens (tertiary/aromatic N) is 4. The van der Waals surface area contributed by atoms with Gasteiger partial charge in [0.25, 0.3) is 0 Å². The number of aromatic nitrogens is 2. The van der Waals surface area contributed by atoms with E-state index in [1.54, 1.807) is 0 Å². The van der Waals surface area contributed by atoms with E-state index in [1.807, 2.05) is 4.90 Å². The lowest BCUT2D eigenvalue weighted by Crippen LogP contribution is -2.48. The Morgan fingerprint density at radius 2 is 1.72 bits per heavy atom. The number of hydrogen-bond donors (Lipinski definition) is 1. The minimum atomic E-state index is -0.931. The van der Waals surface area contributed by atoms with Gasteiger partial charge >= 0.3 is 6.09 Å². The SMILES string of the molecule is O=C(O)N1CCN(c2nc(Cl)nc(Cl)c2Cl)CC1. The smallest absolute Gasteiger partial charge is 0.407 e. The number of hydrogen-bond acceptors (Lipinski definition) is 4. The lowest BCUT2D eigenvalue weighted by atomic mass is 10.3. The van der Waals surface area contributed by atoms with Crippen molar-refractivity contribution >= 4 is 46.7 Å². The fourth-order valence-electron chi connectivity index (χ4n) is 1.70. The summed E-state index contributed by atoms with van der Waals surface area (Å²) in [5.74, 6) is 0.437. The summed E-state index contributed by atoms with van der Waals surface area (Å²) in [4.78, 5) is 21.7. The number of carboxylic acid groups (broad SMARTS) is 1. The first-order valence-electron chi connectivity index (χ1n) is 5.10. The van der Waals surface area contributed by atoms with Gasteiger partial charge in [-0.2, -0.15) is 4.98 Å². The zero-order valence-electron chi connectivity index (χ0n) is 9.11. The third-order valence-corrected chi connectivity index (χ3v) is 3.50. The van der Waals surface area contributed by atoms with Crippen LogP contribution in [0.3, 0.4) is 0 Å². The quantitative estimate of drug-likeness (QED) is 0.636. The highest BCUT2D eigenvalue weighted by molar-refractivity contribution is 6.43. The molecule has 0 spiro atoms. The summed E-state index contributed by atoms with van der Waals surface area (Å²) in [6, 6.07) is 0. The molecule has 0 saturated carbocycles. The molecule has 1 aromatic rings. The van der Waals surface area contributed by atoms with E-state index in [0.29, 0.717) is 32.0 Å². The molecule has 0 radical (unpaired) electrons. The van der Waals surface area contributed by atoms with Crippen molar-refractivity contribution in [3.05, 3.63) is 15.5 Å². The average molecular weight is 312 g/mol. The molecule has 9 heteroatoms. The minimum Gasteiger partial charge on any atom is -0.465 e. The van der Waals surface area contributed by atoms with Crippen LogP contribution in [0, 0.1) is 0 Å². The fraction of sp³-hybridized carbons (Fsp3) is 0.444. The fourth-order valence-corrected chi connectivity index (χ4v) is 2.28. The van der Waals surface area contributed by atoms with E-state index in [-0.39, 0.29) is 15.5 Å². The van der Waals surface area contributed by atoms with Crippen molar-refractivity contribution in [1.82, 2.24) is 14.9 Å². The number of rotatable bonds is 1. The monoisotopic (exact) mass is 310 g/mol. The van der Waals surface area contributed by atoms with Gasteiger partial charge in [0.1, 0.15) is 5.02 Å². The number of amides is 1. The van der Waals surface area contributed by atoms with Gasteiger partial charge in [0.05, 0.1) is 0 Å². The molecular weight excluding hydrogens is 302 g/mol. The number of carbonyl (C=O) groups is 1. The predicted molar refractivity (Wildman–Crippen MR) is 68.9 cm³/mol. The van der Waals surface area contributed by atoms with Gasteiger partial charge in [-0.1, -0.05) is 23.2 Å². The first kappa shape index (κ1) is 13.5. The lowest BCUT2D eigenvalue weighted by molar-refractivity contribution is 0.142. The molecule has 1 amide bonds. The highest BCUT2D eigenvalue weighted by Crippen LogP contribution is 2.31. The molecule has 2 heterocycles. The largest absolute Gasteiger partial charge is 0.465 e. The Balaban J connectivity index is 2.17. The van der Waals surface area contributed by atoms with Crippen molar-refractivity contribution in [3.8, 4) is 0 Å². The molecule has 6 nitrogen and oxygen atoms in total. The van der Waals surface area contributed by atoms with Crippen molar-refractivity contribution in [1.29, 1.82) is 0 Å². The number of anilines is 1. The summed E-state index contributed by atoms with van der Waals surface area (Å²) < 4.78 is 0. The van der Waals surface area contributed by atoms with Crippen LogP contribution in [0.1, 0.15) is 0 Å². The normalized spacial score (nSPS) is 15.9. The zero-order valence-corrected chi connectivity index (χ0v) is 11.4. The molecule has 98 valence electrons. The number of piperazine rings is 1. The molecule has 0 bridgehead atoms. The van der Waals surface area contributed by atoms with Gasteiger partial charge in [-0.05, 0) is 11.6 Å². The van der Waals surface area contributed by atoms with Crippen LogP contribution in [0.4, 0.5) is 10.6 Å². The van der Waals surface area contributed by atoms with E-state index in [1.165, 1.54) is 4.90 Å². The van der Waals surface area contributed by atoms with E-state index in [9.17, 15) is 4.79 Å². The second-order valence-corrected chi connectivity index (χ2v) is 4.75. The summed E-state index contributed by atoms with van der Waals surface area (Å²) in [5, 5.41) is 9.18. The van der Waals surface area contributed by atoms with Crippen LogP contribution in [0.5, 0.6) is 0 Å². The molecule has 18 heavy (non-hydrogen) atoms. The van der Waals surface area contributed by atoms with Crippen molar-refractivity contribution in [2.75, 3.05) is 31.1 Å². The van der Waals surface area contributed by atoms with E-state index < -0.39 is 6.09 Å². The van der Waals surface area contributed by atoms with Crippen molar-refractivity contribution in [3.63, 3.8) is 0 Å². The van der Waals surface area contributed by atoms with E-state index in [0.717, 1.165) is 0 Å². The molecule has 0 atom stereocenters. The van der Waals surface area contributed by atoms with Gasteiger partial charge < -0.3 is 14.9 Å². The minimum absolute atomic E-state index is 0.0139. The van der Waals surface area contributed by atoms with Crippen LogP contribution in [0.2, 0.25) is 15.5 Å². The van der Waals surface area contributed by atoms with E-state index in [2.05, 4.69) is 9.97 Å². The van der Waals surface area contributed by atoms with Crippen LogP contribution < -0.4 is 4.90 Å². The molecular formula is C9H9Cl3N4O2. The van der Waals surface area contributed by atoms with Crippen LogP contribution in [-0.2, 0) is 0 Å². The summed E-state index contributed by atoms with van der Waals surface area (Å²) in [5.41, 5.74) is 0. The maximum absolute atomic E-state index is 10.8. The molecule has 1 aromatic heterocycles. The molecule has 0 aromatic carbocycles. The third-order valence-electron chi connectivity index (χ3n) is 2.62. The van der Waals surface area contributed by atoms with Gasteiger partial charge in [-0.15, -0.1) is 0 Å². The first-order chi connectivity index (χ1) is 8.49. The Morgan fingerprint density at radius 1 is 1.11 bits per heavy atom. The van der Waals surface area contributed by atoms with Crippen LogP contribution in [0.15, 0.2) is 0 Å². The van der Waals surface area contributed by atoms with Gasteiger partial charge in [0, 0.05) is 26.2 Å². The molecule has 0 unspecified atom stereocenters. The van der Waals surface area contributed by atoms with Crippen LogP contribution >= 0.6 is 34.8 Å². The lowest BCUT2D eigenvalue weighted by Gasteiger charge is -2.34. The van der Waals surface area contributed by atoms with Gasteiger partial charge in [-0.3, -0.25) is 0 Å². The van der Waals surface area contributed by atoms with Crippen LogP contribution in [-0.4, -0.2) is 52.2 Å². The summed E-state index contributed by atoms with van der Waals surface area (Å²) in [7, 11) is 0. The van der Waals surface area contributed by atoms with Crippen molar-refractivity contribution < 1.29 is 9.90 Å². The molecule has 1 saturated heterocycles. The summed E-state index contributed by atoms with van der Waals surface area (Å²) in [6.07, 6.45) is -0.931. The Bertz CT molecular complexity index is 477. The summed E-state index contributed by atoms with van der Waals surface area (Å²) >= 11 is 17.6. The Kier molecular flexibility index (Phi) is 3.99. The molecule has 2 rings (SSSR count). The third kappa shape index (κ3) is 2.71. The van der Waals surface area contributed by atoms with Crippen LogP contribution in [0.25, 0.3) is 0 Å². The standard InChI is InChI=1S/C9H9Cl3N4O2/c10-5-6(11)13-8(12)14-7(5)15-1-3-16(4-2-15)9(17)18/h1-4H2,(H,17,18). The second kappa shape index (κ2) is 5.34. The van der Waals surface area contributed by atoms with E-state index >= 15 is 0 Å². The second-order valence-electron chi connectivity index (χ2n) is 3.68. The summed E-state index contributed by atoms with van der Waals surface area (Å²) in [6.45, 7) is 1.72. The zero-order chi connectivity index (χ0) is 13.3.